The Balaban J connectivity index is 2.13. The largest absolute Gasteiger partial charge is 0.391 e. The molecule has 2 rings (SSSR count). The van der Waals surface area contributed by atoms with Gasteiger partial charge in [-0.2, -0.15) is 0 Å². The number of rotatable bonds is 4. The number of halogens is 1. The number of hydrogen-bond acceptors (Lipinski definition) is 4. The van der Waals surface area contributed by atoms with Gasteiger partial charge in [0, 0.05) is 11.3 Å². The van der Waals surface area contributed by atoms with E-state index in [9.17, 15) is 5.11 Å². The van der Waals surface area contributed by atoms with Crippen molar-refractivity contribution >= 4 is 23.4 Å². The highest BCUT2D eigenvalue weighted by atomic mass is 35.5. The molecular weight excluding hydrogens is 268 g/mol. The molecule has 1 heterocycles. The van der Waals surface area contributed by atoms with E-state index in [0.717, 1.165) is 10.8 Å². The van der Waals surface area contributed by atoms with Gasteiger partial charge >= 0.3 is 0 Å². The minimum absolute atomic E-state index is 0.143. The van der Waals surface area contributed by atoms with Gasteiger partial charge in [-0.05, 0) is 12.5 Å². The third kappa shape index (κ3) is 3.22. The Morgan fingerprint density at radius 1 is 1.33 bits per heavy atom. The fourth-order valence-electron chi connectivity index (χ4n) is 1.59. The van der Waals surface area contributed by atoms with Crippen molar-refractivity contribution in [3.63, 3.8) is 0 Å². The molecule has 5 heteroatoms. The van der Waals surface area contributed by atoms with Crippen LogP contribution in [0.5, 0.6) is 0 Å². The van der Waals surface area contributed by atoms with Gasteiger partial charge in [-0.1, -0.05) is 41.4 Å². The minimum Gasteiger partial charge on any atom is -0.391 e. The highest BCUT2D eigenvalue weighted by molar-refractivity contribution is 7.98. The lowest BCUT2D eigenvalue weighted by atomic mass is 10.2. The van der Waals surface area contributed by atoms with Crippen LogP contribution in [0.3, 0.4) is 0 Å². The normalized spacial score (nSPS) is 10.6. The SMILES string of the molecule is Cc1cccc(CSc2ncnc(Cl)c2CO)c1. The second kappa shape index (κ2) is 6.18. The maximum Gasteiger partial charge on any atom is 0.139 e. The van der Waals surface area contributed by atoms with Gasteiger partial charge < -0.3 is 5.11 Å². The quantitative estimate of drug-likeness (QED) is 0.690. The zero-order chi connectivity index (χ0) is 13.0. The van der Waals surface area contributed by atoms with E-state index < -0.39 is 0 Å². The first-order valence-corrected chi connectivity index (χ1v) is 6.85. The predicted octanol–water partition coefficient (Wildman–Crippen LogP) is 3.22. The third-order valence-electron chi connectivity index (χ3n) is 2.47. The first kappa shape index (κ1) is 13.3. The topological polar surface area (TPSA) is 46.0 Å². The van der Waals surface area contributed by atoms with Crippen molar-refractivity contribution in [3.8, 4) is 0 Å². The van der Waals surface area contributed by atoms with E-state index in [4.69, 9.17) is 11.6 Å². The van der Waals surface area contributed by atoms with E-state index in [0.29, 0.717) is 10.7 Å². The lowest BCUT2D eigenvalue weighted by Gasteiger charge is -2.07. The molecule has 94 valence electrons. The predicted molar refractivity (Wildman–Crippen MR) is 73.7 cm³/mol. The molecule has 2 aromatic rings. The summed E-state index contributed by atoms with van der Waals surface area (Å²) in [4.78, 5) is 8.02. The van der Waals surface area contributed by atoms with E-state index in [1.54, 1.807) is 11.8 Å². The zero-order valence-corrected chi connectivity index (χ0v) is 11.5. The van der Waals surface area contributed by atoms with Crippen molar-refractivity contribution in [2.45, 2.75) is 24.3 Å². The fourth-order valence-corrected chi connectivity index (χ4v) is 2.78. The van der Waals surface area contributed by atoms with E-state index >= 15 is 0 Å². The molecule has 1 aromatic heterocycles. The first-order chi connectivity index (χ1) is 8.70. The highest BCUT2D eigenvalue weighted by Crippen LogP contribution is 2.27. The molecule has 0 saturated heterocycles. The summed E-state index contributed by atoms with van der Waals surface area (Å²) in [7, 11) is 0. The molecule has 0 aliphatic heterocycles. The number of aliphatic hydroxyl groups is 1. The van der Waals surface area contributed by atoms with E-state index in [1.165, 1.54) is 17.5 Å². The zero-order valence-electron chi connectivity index (χ0n) is 9.93. The molecule has 3 nitrogen and oxygen atoms in total. The third-order valence-corrected chi connectivity index (χ3v) is 3.90. The molecule has 0 atom stereocenters. The van der Waals surface area contributed by atoms with Crippen LogP contribution >= 0.6 is 23.4 Å². The van der Waals surface area contributed by atoms with E-state index in [1.807, 2.05) is 6.07 Å². The van der Waals surface area contributed by atoms with Crippen LogP contribution in [0.4, 0.5) is 0 Å². The molecule has 0 saturated carbocycles. The molecule has 18 heavy (non-hydrogen) atoms. The van der Waals surface area contributed by atoms with Gasteiger partial charge in [0.05, 0.1) is 6.61 Å². The lowest BCUT2D eigenvalue weighted by Crippen LogP contribution is -1.95. The number of hydrogen-bond donors (Lipinski definition) is 1. The molecule has 0 spiro atoms. The molecule has 0 bridgehead atoms. The highest BCUT2D eigenvalue weighted by Gasteiger charge is 2.09. The summed E-state index contributed by atoms with van der Waals surface area (Å²) in [6.45, 7) is 1.92. The van der Waals surface area contributed by atoms with E-state index in [2.05, 4.69) is 35.1 Å². The molecular formula is C13H13ClN2OS. The second-order valence-electron chi connectivity index (χ2n) is 3.88. The van der Waals surface area contributed by atoms with Crippen LogP contribution in [-0.4, -0.2) is 15.1 Å². The van der Waals surface area contributed by atoms with Crippen molar-refractivity contribution in [3.05, 3.63) is 52.4 Å². The second-order valence-corrected chi connectivity index (χ2v) is 5.21. The van der Waals surface area contributed by atoms with Gasteiger partial charge in [-0.25, -0.2) is 9.97 Å². The first-order valence-electron chi connectivity index (χ1n) is 5.49. The molecule has 0 fully saturated rings. The van der Waals surface area contributed by atoms with Crippen LogP contribution in [-0.2, 0) is 12.4 Å². The van der Waals surface area contributed by atoms with Crippen LogP contribution in [0.15, 0.2) is 35.6 Å². The summed E-state index contributed by atoms with van der Waals surface area (Å²) in [6, 6.07) is 8.30. The number of aliphatic hydroxyl groups excluding tert-OH is 1. The molecule has 0 amide bonds. The summed E-state index contributed by atoms with van der Waals surface area (Å²) in [5.74, 6) is 0.794. The Kier molecular flexibility index (Phi) is 4.58. The number of aryl methyl sites for hydroxylation is 1. The van der Waals surface area contributed by atoms with Gasteiger partial charge in [0.15, 0.2) is 0 Å². The average Bonchev–Trinajstić information content (AvgIpc) is 2.36. The molecule has 1 N–H and O–H groups in total. The number of thioether (sulfide) groups is 1. The summed E-state index contributed by atoms with van der Waals surface area (Å²) in [5.41, 5.74) is 3.05. The van der Waals surface area contributed by atoms with Crippen LogP contribution in [0.1, 0.15) is 16.7 Å². The minimum atomic E-state index is -0.143. The fraction of sp³-hybridized carbons (Fsp3) is 0.231. The Hall–Kier alpha value is -1.10. The number of benzene rings is 1. The monoisotopic (exact) mass is 280 g/mol. The Morgan fingerprint density at radius 2 is 2.17 bits per heavy atom. The van der Waals surface area contributed by atoms with Gasteiger partial charge in [0.25, 0.3) is 0 Å². The maximum absolute atomic E-state index is 9.26. The van der Waals surface area contributed by atoms with Crippen molar-refractivity contribution < 1.29 is 5.11 Å². The summed E-state index contributed by atoms with van der Waals surface area (Å²) in [6.07, 6.45) is 1.42. The standard InChI is InChI=1S/C13H13ClN2OS/c1-9-3-2-4-10(5-9)7-18-13-11(6-17)12(14)15-8-16-13/h2-5,8,17H,6-7H2,1H3. The molecule has 0 aliphatic rings. The Labute approximate surface area is 115 Å². The van der Waals surface area contributed by atoms with Crippen molar-refractivity contribution in [2.75, 3.05) is 0 Å². The van der Waals surface area contributed by atoms with Crippen molar-refractivity contribution in [1.82, 2.24) is 9.97 Å². The molecule has 1 aromatic carbocycles. The summed E-state index contributed by atoms with van der Waals surface area (Å²) >= 11 is 7.46. The summed E-state index contributed by atoms with van der Waals surface area (Å²) < 4.78 is 0. The van der Waals surface area contributed by atoms with Crippen LogP contribution < -0.4 is 0 Å². The lowest BCUT2D eigenvalue weighted by molar-refractivity contribution is 0.277. The average molecular weight is 281 g/mol. The number of aromatic nitrogens is 2. The van der Waals surface area contributed by atoms with Crippen molar-refractivity contribution in [1.29, 1.82) is 0 Å². The van der Waals surface area contributed by atoms with Gasteiger partial charge in [0.2, 0.25) is 0 Å². The molecule has 0 radical (unpaired) electrons. The Morgan fingerprint density at radius 3 is 2.89 bits per heavy atom. The van der Waals surface area contributed by atoms with Crippen LogP contribution in [0.25, 0.3) is 0 Å². The van der Waals surface area contributed by atoms with Crippen LogP contribution in [0, 0.1) is 6.92 Å². The van der Waals surface area contributed by atoms with E-state index in [-0.39, 0.29) is 6.61 Å². The smallest absolute Gasteiger partial charge is 0.139 e. The molecule has 0 unspecified atom stereocenters. The Bertz CT molecular complexity index is 548. The summed E-state index contributed by atoms with van der Waals surface area (Å²) in [5, 5.41) is 10.3. The maximum atomic E-state index is 9.26. The molecule has 0 aliphatic carbocycles. The van der Waals surface area contributed by atoms with Crippen LogP contribution in [0.2, 0.25) is 5.15 Å². The van der Waals surface area contributed by atoms with Crippen molar-refractivity contribution in [2.24, 2.45) is 0 Å². The van der Waals surface area contributed by atoms with Gasteiger partial charge in [0.1, 0.15) is 16.5 Å². The van der Waals surface area contributed by atoms with Gasteiger partial charge in [-0.3, -0.25) is 0 Å². The number of nitrogens with zero attached hydrogens (tertiary/aromatic N) is 2. The van der Waals surface area contributed by atoms with Gasteiger partial charge in [-0.15, -0.1) is 11.8 Å².